The Labute approximate surface area is 158 Å². The molecule has 0 atom stereocenters. The number of aromatic nitrogens is 2. The summed E-state index contributed by atoms with van der Waals surface area (Å²) in [6.45, 7) is -0.314. The van der Waals surface area contributed by atoms with Crippen LogP contribution in [0.25, 0.3) is 10.9 Å². The summed E-state index contributed by atoms with van der Waals surface area (Å²) in [6, 6.07) is 6.72. The molecule has 0 aliphatic heterocycles. The molecule has 1 N–H and O–H groups in total. The van der Waals surface area contributed by atoms with Gasteiger partial charge in [-0.05, 0) is 24.3 Å². The minimum atomic E-state index is -0.554. The summed E-state index contributed by atoms with van der Waals surface area (Å²) < 4.78 is 24.8. The van der Waals surface area contributed by atoms with Crippen molar-refractivity contribution in [3.63, 3.8) is 0 Å². The molecule has 0 aliphatic rings. The van der Waals surface area contributed by atoms with Crippen molar-refractivity contribution in [2.75, 3.05) is 19.5 Å². The van der Waals surface area contributed by atoms with Gasteiger partial charge < -0.3 is 14.8 Å². The Morgan fingerprint density at radius 1 is 1.22 bits per heavy atom. The van der Waals surface area contributed by atoms with Gasteiger partial charge >= 0.3 is 0 Å². The number of hydrogen-bond donors (Lipinski definition) is 1. The summed E-state index contributed by atoms with van der Waals surface area (Å²) in [7, 11) is 2.89. The average molecular weight is 392 g/mol. The second-order valence-corrected chi connectivity index (χ2v) is 5.98. The molecule has 2 aromatic carbocycles. The molecule has 0 radical (unpaired) electrons. The van der Waals surface area contributed by atoms with Gasteiger partial charge in [-0.25, -0.2) is 9.37 Å². The SMILES string of the molecule is COc1cc(OC)c(NC(=O)Cn2cnc3ccc(F)cc3c2=O)cc1Cl. The van der Waals surface area contributed by atoms with Gasteiger partial charge in [-0.15, -0.1) is 0 Å². The van der Waals surface area contributed by atoms with Crippen LogP contribution in [0.15, 0.2) is 41.5 Å². The quantitative estimate of drug-likeness (QED) is 0.723. The molecule has 0 saturated carbocycles. The number of benzene rings is 2. The molecule has 140 valence electrons. The van der Waals surface area contributed by atoms with E-state index in [9.17, 15) is 14.0 Å². The van der Waals surface area contributed by atoms with Crippen LogP contribution in [0.2, 0.25) is 5.02 Å². The first kappa shape index (κ1) is 18.7. The van der Waals surface area contributed by atoms with Gasteiger partial charge in [0.25, 0.3) is 5.56 Å². The highest BCUT2D eigenvalue weighted by molar-refractivity contribution is 6.32. The molecule has 27 heavy (non-hydrogen) atoms. The van der Waals surface area contributed by atoms with Gasteiger partial charge in [0.15, 0.2) is 0 Å². The summed E-state index contributed by atoms with van der Waals surface area (Å²) in [5.74, 6) is -0.324. The van der Waals surface area contributed by atoms with Gasteiger partial charge in [-0.2, -0.15) is 0 Å². The molecule has 0 fully saturated rings. The van der Waals surface area contributed by atoms with Crippen molar-refractivity contribution in [3.05, 3.63) is 57.9 Å². The third kappa shape index (κ3) is 3.85. The zero-order valence-electron chi connectivity index (χ0n) is 14.5. The fourth-order valence-corrected chi connectivity index (χ4v) is 2.79. The van der Waals surface area contributed by atoms with E-state index in [1.54, 1.807) is 0 Å². The topological polar surface area (TPSA) is 82.4 Å². The summed E-state index contributed by atoms with van der Waals surface area (Å²) in [6.07, 6.45) is 1.24. The molecule has 1 amide bonds. The minimum absolute atomic E-state index is 0.0929. The maximum absolute atomic E-state index is 13.4. The van der Waals surface area contributed by atoms with E-state index in [1.807, 2.05) is 0 Å². The van der Waals surface area contributed by atoms with E-state index >= 15 is 0 Å². The van der Waals surface area contributed by atoms with Crippen molar-refractivity contribution in [1.82, 2.24) is 9.55 Å². The number of carbonyl (C=O) groups is 1. The van der Waals surface area contributed by atoms with Crippen LogP contribution < -0.4 is 20.3 Å². The molecule has 0 aliphatic carbocycles. The minimum Gasteiger partial charge on any atom is -0.495 e. The molecule has 3 rings (SSSR count). The standard InChI is InChI=1S/C18H15ClFN3O4/c1-26-15-7-16(27-2)14(6-12(15)19)22-17(24)8-23-9-21-13-4-3-10(20)5-11(13)18(23)25/h3-7,9H,8H2,1-2H3,(H,22,24). The van der Waals surface area contributed by atoms with Crippen LogP contribution in [-0.4, -0.2) is 29.7 Å². The first-order chi connectivity index (χ1) is 12.9. The highest BCUT2D eigenvalue weighted by Gasteiger charge is 2.14. The third-order valence-corrected chi connectivity index (χ3v) is 4.14. The molecule has 7 nitrogen and oxygen atoms in total. The largest absolute Gasteiger partial charge is 0.495 e. The van der Waals surface area contributed by atoms with Crippen LogP contribution in [0, 0.1) is 5.82 Å². The fraction of sp³-hybridized carbons (Fsp3) is 0.167. The van der Waals surface area contributed by atoms with Crippen molar-refractivity contribution in [3.8, 4) is 11.5 Å². The van der Waals surface area contributed by atoms with Gasteiger partial charge in [-0.3, -0.25) is 14.2 Å². The number of methoxy groups -OCH3 is 2. The predicted octanol–water partition coefficient (Wildman–Crippen LogP) is 2.84. The highest BCUT2D eigenvalue weighted by atomic mass is 35.5. The zero-order chi connectivity index (χ0) is 19.6. The third-order valence-electron chi connectivity index (χ3n) is 3.85. The first-order valence-electron chi connectivity index (χ1n) is 7.79. The number of rotatable bonds is 5. The number of anilines is 1. The Morgan fingerprint density at radius 3 is 2.67 bits per heavy atom. The first-order valence-corrected chi connectivity index (χ1v) is 8.17. The number of hydrogen-bond acceptors (Lipinski definition) is 5. The highest BCUT2D eigenvalue weighted by Crippen LogP contribution is 2.35. The number of halogens is 2. The van der Waals surface area contributed by atoms with Gasteiger partial charge in [0.05, 0.1) is 42.2 Å². The normalized spacial score (nSPS) is 10.7. The van der Waals surface area contributed by atoms with Gasteiger partial charge in [0, 0.05) is 6.07 Å². The lowest BCUT2D eigenvalue weighted by atomic mass is 10.2. The molecule has 0 saturated heterocycles. The van der Waals surface area contributed by atoms with Gasteiger partial charge in [0.1, 0.15) is 23.9 Å². The molecule has 3 aromatic rings. The molecular formula is C18H15ClFN3O4. The van der Waals surface area contributed by atoms with Crippen LogP contribution >= 0.6 is 11.6 Å². The van der Waals surface area contributed by atoms with Crippen molar-refractivity contribution < 1.29 is 18.7 Å². The molecule has 0 spiro atoms. The van der Waals surface area contributed by atoms with Crippen LogP contribution in [-0.2, 0) is 11.3 Å². The lowest BCUT2D eigenvalue weighted by Crippen LogP contribution is -2.28. The molecule has 9 heteroatoms. The lowest BCUT2D eigenvalue weighted by molar-refractivity contribution is -0.116. The van der Waals surface area contributed by atoms with Crippen LogP contribution in [0.5, 0.6) is 11.5 Å². The Morgan fingerprint density at radius 2 is 1.96 bits per heavy atom. The number of nitrogens with one attached hydrogen (secondary N) is 1. The summed E-state index contributed by atoms with van der Waals surface area (Å²) in [5, 5.41) is 3.00. The van der Waals surface area contributed by atoms with E-state index in [2.05, 4.69) is 10.3 Å². The van der Waals surface area contributed by atoms with Crippen LogP contribution in [0.1, 0.15) is 0 Å². The number of ether oxygens (including phenoxy) is 2. The lowest BCUT2D eigenvalue weighted by Gasteiger charge is -2.13. The van der Waals surface area contributed by atoms with Crippen molar-refractivity contribution in [2.45, 2.75) is 6.54 Å². The van der Waals surface area contributed by atoms with E-state index < -0.39 is 17.3 Å². The number of fused-ring (bicyclic) bond motifs is 1. The van der Waals surface area contributed by atoms with E-state index in [1.165, 1.54) is 44.8 Å². The molecule has 1 heterocycles. The Bertz CT molecular complexity index is 1080. The van der Waals surface area contributed by atoms with E-state index in [0.29, 0.717) is 22.7 Å². The molecule has 1 aromatic heterocycles. The van der Waals surface area contributed by atoms with Crippen molar-refractivity contribution >= 4 is 34.1 Å². The summed E-state index contributed by atoms with van der Waals surface area (Å²) in [4.78, 5) is 28.9. The van der Waals surface area contributed by atoms with Crippen LogP contribution in [0.3, 0.4) is 0 Å². The maximum atomic E-state index is 13.4. The van der Waals surface area contributed by atoms with E-state index in [0.717, 1.165) is 10.6 Å². The average Bonchev–Trinajstić information content (AvgIpc) is 2.64. The second kappa shape index (κ2) is 7.63. The number of nitrogens with zero attached hydrogens (tertiary/aromatic N) is 2. The Balaban J connectivity index is 1.86. The number of amides is 1. The second-order valence-electron chi connectivity index (χ2n) is 5.57. The maximum Gasteiger partial charge on any atom is 0.261 e. The summed E-state index contributed by atoms with van der Waals surface area (Å²) in [5.41, 5.74) is 0.150. The predicted molar refractivity (Wildman–Crippen MR) is 99.1 cm³/mol. The van der Waals surface area contributed by atoms with Gasteiger partial charge in [-0.1, -0.05) is 11.6 Å². The van der Waals surface area contributed by atoms with E-state index in [-0.39, 0.29) is 17.0 Å². The molecule has 0 unspecified atom stereocenters. The zero-order valence-corrected chi connectivity index (χ0v) is 15.2. The fourth-order valence-electron chi connectivity index (χ4n) is 2.55. The van der Waals surface area contributed by atoms with Crippen molar-refractivity contribution in [2.24, 2.45) is 0 Å². The summed E-state index contributed by atoms with van der Waals surface area (Å²) >= 11 is 6.07. The van der Waals surface area contributed by atoms with Crippen LogP contribution in [0.4, 0.5) is 10.1 Å². The smallest absolute Gasteiger partial charge is 0.261 e. The monoisotopic (exact) mass is 391 g/mol. The van der Waals surface area contributed by atoms with Gasteiger partial charge in [0.2, 0.25) is 5.91 Å². The Hall–Kier alpha value is -3.13. The molecule has 0 bridgehead atoms. The Kier molecular flexibility index (Phi) is 5.27. The van der Waals surface area contributed by atoms with Crippen molar-refractivity contribution in [1.29, 1.82) is 0 Å². The number of carbonyl (C=O) groups excluding carboxylic acids is 1. The van der Waals surface area contributed by atoms with E-state index in [4.69, 9.17) is 21.1 Å². The molecular weight excluding hydrogens is 377 g/mol.